The summed E-state index contributed by atoms with van der Waals surface area (Å²) in [5.41, 5.74) is 0. The van der Waals surface area contributed by atoms with Gasteiger partial charge in [-0.1, -0.05) is 12.8 Å². The zero-order valence-corrected chi connectivity index (χ0v) is 20.0. The number of unbranched alkanes of at least 4 members (excludes halogenated alkanes) is 5. The van der Waals surface area contributed by atoms with Crippen molar-refractivity contribution < 1.29 is 40.7 Å². The highest BCUT2D eigenvalue weighted by molar-refractivity contribution is 7.89. The Morgan fingerprint density at radius 1 is 0.938 bits per heavy atom. The summed E-state index contributed by atoms with van der Waals surface area (Å²) in [6, 6.07) is 0. The van der Waals surface area contributed by atoms with E-state index in [9.17, 15) is 31.2 Å². The molecule has 11 heteroatoms. The van der Waals surface area contributed by atoms with E-state index in [0.29, 0.717) is 58.1 Å². The predicted molar refractivity (Wildman–Crippen MR) is 115 cm³/mol. The summed E-state index contributed by atoms with van der Waals surface area (Å²) < 4.78 is 73.2. The number of hydrogen-bond donors (Lipinski definition) is 1. The van der Waals surface area contributed by atoms with Crippen molar-refractivity contribution in [1.29, 1.82) is 0 Å². The summed E-state index contributed by atoms with van der Waals surface area (Å²) in [6.45, 7) is 3.70. The molecule has 190 valence electrons. The lowest BCUT2D eigenvalue weighted by Gasteiger charge is -2.17. The molecule has 0 aromatic heterocycles. The van der Waals surface area contributed by atoms with Crippen LogP contribution >= 0.6 is 0 Å². The third-order valence-corrected chi connectivity index (χ3v) is 6.16. The molecule has 0 rings (SSSR count). The fourth-order valence-electron chi connectivity index (χ4n) is 3.14. The molecule has 0 bridgehead atoms. The minimum Gasteiger partial charge on any atom is -0.466 e. The first kappa shape index (κ1) is 30.6. The van der Waals surface area contributed by atoms with Crippen LogP contribution in [0.5, 0.6) is 0 Å². The lowest BCUT2D eigenvalue weighted by Crippen LogP contribution is -2.27. The number of carbonyl (C=O) groups is 2. The molecule has 0 amide bonds. The topological polar surface area (TPSA) is 98.8 Å². The van der Waals surface area contributed by atoms with E-state index in [1.54, 1.807) is 6.92 Å². The third kappa shape index (κ3) is 20.5. The van der Waals surface area contributed by atoms with Crippen LogP contribution in [0.25, 0.3) is 0 Å². The summed E-state index contributed by atoms with van der Waals surface area (Å²) in [7, 11) is -3.41. The Kier molecular flexibility index (Phi) is 16.4. The van der Waals surface area contributed by atoms with E-state index in [0.717, 1.165) is 12.8 Å². The number of rotatable bonds is 19. The highest BCUT2D eigenvalue weighted by Crippen LogP contribution is 2.24. The van der Waals surface area contributed by atoms with E-state index in [1.807, 2.05) is 0 Å². The summed E-state index contributed by atoms with van der Waals surface area (Å²) in [6.07, 6.45) is -0.294. The maximum Gasteiger partial charge on any atom is 0.389 e. The first-order chi connectivity index (χ1) is 14.9. The maximum atomic E-state index is 12.2. The number of carbonyl (C=O) groups excluding carboxylic acids is 2. The monoisotopic (exact) mass is 489 g/mol. The van der Waals surface area contributed by atoms with Crippen LogP contribution in [0.15, 0.2) is 0 Å². The molecule has 32 heavy (non-hydrogen) atoms. The molecule has 0 aliphatic carbocycles. The van der Waals surface area contributed by atoms with Crippen LogP contribution in [-0.2, 0) is 29.1 Å². The van der Waals surface area contributed by atoms with Gasteiger partial charge in [-0.05, 0) is 58.3 Å². The van der Waals surface area contributed by atoms with Crippen molar-refractivity contribution in [2.45, 2.75) is 103 Å². The Morgan fingerprint density at radius 3 is 2.16 bits per heavy atom. The average molecular weight is 490 g/mol. The van der Waals surface area contributed by atoms with Crippen molar-refractivity contribution in [1.82, 2.24) is 4.72 Å². The summed E-state index contributed by atoms with van der Waals surface area (Å²) in [5.74, 6) is -0.774. The van der Waals surface area contributed by atoms with E-state index in [1.165, 1.54) is 6.92 Å². The lowest BCUT2D eigenvalue weighted by molar-refractivity contribution is -0.148. The number of sulfonamides is 1. The molecule has 0 saturated heterocycles. The van der Waals surface area contributed by atoms with Gasteiger partial charge in [0, 0.05) is 26.3 Å². The first-order valence-electron chi connectivity index (χ1n) is 11.3. The van der Waals surface area contributed by atoms with E-state index in [2.05, 4.69) is 4.72 Å². The molecule has 1 N–H and O–H groups in total. The molecule has 1 atom stereocenters. The highest BCUT2D eigenvalue weighted by atomic mass is 32.2. The van der Waals surface area contributed by atoms with Crippen molar-refractivity contribution in [2.75, 3.05) is 18.9 Å². The second-order valence-electron chi connectivity index (χ2n) is 7.77. The third-order valence-electron chi connectivity index (χ3n) is 4.69. The highest BCUT2D eigenvalue weighted by Gasteiger charge is 2.26. The van der Waals surface area contributed by atoms with Gasteiger partial charge in [0.1, 0.15) is 6.10 Å². The molecule has 1 unspecified atom stereocenters. The number of alkyl halides is 3. The smallest absolute Gasteiger partial charge is 0.389 e. The second-order valence-corrected chi connectivity index (χ2v) is 9.70. The molecule has 7 nitrogen and oxygen atoms in total. The van der Waals surface area contributed by atoms with Crippen LogP contribution in [0.3, 0.4) is 0 Å². The quantitative estimate of drug-likeness (QED) is 0.210. The SMILES string of the molecule is CCOC(=O)CCCCCCNS(=O)(=O)CCCCC(CCCCC(F)(F)F)OC(C)=O. The van der Waals surface area contributed by atoms with Crippen molar-refractivity contribution in [3.05, 3.63) is 0 Å². The normalized spacial score (nSPS) is 13.0. The molecule has 0 aromatic carbocycles. The van der Waals surface area contributed by atoms with E-state index in [-0.39, 0.29) is 24.6 Å². The standard InChI is InChI=1S/C21H38F3NO6S/c1-3-30-20(27)14-6-4-5-10-16-25-32(28,29)17-11-8-13-19(31-18(2)26)12-7-9-15-21(22,23)24/h19,25H,3-17H2,1-2H3. The van der Waals surface area contributed by atoms with Crippen LogP contribution in [0.2, 0.25) is 0 Å². The van der Waals surface area contributed by atoms with Gasteiger partial charge in [0.05, 0.1) is 12.4 Å². The zero-order valence-electron chi connectivity index (χ0n) is 19.2. The Balaban J connectivity index is 3.96. The minimum absolute atomic E-state index is 0.0254. The van der Waals surface area contributed by atoms with E-state index < -0.39 is 34.7 Å². The van der Waals surface area contributed by atoms with Crippen LogP contribution in [-0.4, -0.2) is 51.5 Å². The van der Waals surface area contributed by atoms with Crippen molar-refractivity contribution in [3.8, 4) is 0 Å². The van der Waals surface area contributed by atoms with Crippen LogP contribution in [0.4, 0.5) is 13.2 Å². The van der Waals surface area contributed by atoms with Gasteiger partial charge < -0.3 is 9.47 Å². The lowest BCUT2D eigenvalue weighted by atomic mass is 10.0. The van der Waals surface area contributed by atoms with Gasteiger partial charge in [0.15, 0.2) is 0 Å². The van der Waals surface area contributed by atoms with Crippen LogP contribution in [0, 0.1) is 0 Å². The molecule has 0 aliphatic rings. The summed E-state index contributed by atoms with van der Waals surface area (Å²) >= 11 is 0. The first-order valence-corrected chi connectivity index (χ1v) is 13.0. The Hall–Kier alpha value is -1.36. The molecule has 0 radical (unpaired) electrons. The molecule has 0 aromatic rings. The van der Waals surface area contributed by atoms with Gasteiger partial charge in [-0.15, -0.1) is 0 Å². The maximum absolute atomic E-state index is 12.2. The molecule has 0 aliphatic heterocycles. The van der Waals surface area contributed by atoms with E-state index in [4.69, 9.17) is 9.47 Å². The molecular formula is C21H38F3NO6S. The van der Waals surface area contributed by atoms with Gasteiger partial charge in [-0.2, -0.15) is 13.2 Å². The minimum atomic E-state index is -4.19. The molecular weight excluding hydrogens is 451 g/mol. The van der Waals surface area contributed by atoms with Gasteiger partial charge in [-0.25, -0.2) is 13.1 Å². The summed E-state index contributed by atoms with van der Waals surface area (Å²) in [5, 5.41) is 0. The Morgan fingerprint density at radius 2 is 1.56 bits per heavy atom. The zero-order chi connectivity index (χ0) is 24.5. The molecule has 0 fully saturated rings. The predicted octanol–water partition coefficient (Wildman–Crippen LogP) is 4.64. The van der Waals surface area contributed by atoms with Crippen LogP contribution in [0.1, 0.15) is 90.9 Å². The number of hydrogen-bond acceptors (Lipinski definition) is 6. The summed E-state index contributed by atoms with van der Waals surface area (Å²) in [4.78, 5) is 22.4. The Bertz CT molecular complexity index is 626. The number of nitrogens with one attached hydrogen (secondary N) is 1. The average Bonchev–Trinajstić information content (AvgIpc) is 2.66. The number of ether oxygens (including phenoxy) is 2. The molecule has 0 saturated carbocycles. The van der Waals surface area contributed by atoms with Gasteiger partial charge in [0.2, 0.25) is 10.0 Å². The van der Waals surface area contributed by atoms with Gasteiger partial charge in [-0.3, -0.25) is 9.59 Å². The van der Waals surface area contributed by atoms with E-state index >= 15 is 0 Å². The fourth-order valence-corrected chi connectivity index (χ4v) is 4.32. The van der Waals surface area contributed by atoms with Gasteiger partial charge in [0.25, 0.3) is 0 Å². The molecule has 0 heterocycles. The van der Waals surface area contributed by atoms with Crippen molar-refractivity contribution in [2.24, 2.45) is 0 Å². The number of esters is 2. The fraction of sp³-hybridized carbons (Fsp3) is 0.905. The van der Waals surface area contributed by atoms with Gasteiger partial charge >= 0.3 is 18.1 Å². The van der Waals surface area contributed by atoms with Crippen LogP contribution < -0.4 is 4.72 Å². The second kappa shape index (κ2) is 17.2. The largest absolute Gasteiger partial charge is 0.466 e. The Labute approximate surface area is 189 Å². The van der Waals surface area contributed by atoms with Crippen molar-refractivity contribution >= 4 is 22.0 Å². The molecule has 0 spiro atoms. The van der Waals surface area contributed by atoms with Crippen molar-refractivity contribution in [3.63, 3.8) is 0 Å². The number of halogens is 3.